The van der Waals surface area contributed by atoms with Crippen molar-refractivity contribution in [3.8, 4) is 28.6 Å². The van der Waals surface area contributed by atoms with Gasteiger partial charge in [0.15, 0.2) is 11.4 Å². The van der Waals surface area contributed by atoms with Crippen molar-refractivity contribution in [2.24, 2.45) is 5.10 Å². The molecule has 5 rings (SSSR count). The Morgan fingerprint density at radius 3 is 2.54 bits per heavy atom. The summed E-state index contributed by atoms with van der Waals surface area (Å²) in [6, 6.07) is 17.3. The zero-order valence-corrected chi connectivity index (χ0v) is 23.4. The molecule has 15 heteroatoms. The van der Waals surface area contributed by atoms with Crippen LogP contribution in [-0.4, -0.2) is 44.5 Å². The third kappa shape index (κ3) is 6.09. The van der Waals surface area contributed by atoms with E-state index in [1.807, 2.05) is 6.07 Å². The summed E-state index contributed by atoms with van der Waals surface area (Å²) in [7, 11) is 1.54. The molecule has 0 unspecified atom stereocenters. The Kier molecular flexibility index (Phi) is 8.34. The number of hydrogen-bond donors (Lipinski definition) is 2. The monoisotopic (exact) mass is 612 g/mol. The summed E-state index contributed by atoms with van der Waals surface area (Å²) in [6.07, 6.45) is 1.45. The van der Waals surface area contributed by atoms with Gasteiger partial charge in [-0.1, -0.05) is 70.3 Å². The van der Waals surface area contributed by atoms with Crippen LogP contribution >= 0.6 is 34.8 Å². The number of nitrogen functional groups attached to an aromatic ring is 1. The van der Waals surface area contributed by atoms with Crippen LogP contribution in [0.25, 0.3) is 17.1 Å². The van der Waals surface area contributed by atoms with Crippen LogP contribution in [0, 0.1) is 0 Å². The summed E-state index contributed by atoms with van der Waals surface area (Å²) in [5, 5.41) is 20.5. The van der Waals surface area contributed by atoms with Crippen molar-refractivity contribution in [2.75, 3.05) is 12.8 Å². The predicted octanol–water partition coefficient (Wildman–Crippen LogP) is 5.21. The number of hydrogen-bond acceptors (Lipinski definition) is 10. The number of methoxy groups -OCH3 is 1. The number of amides is 1. The van der Waals surface area contributed by atoms with Gasteiger partial charge in [0.1, 0.15) is 18.1 Å². The van der Waals surface area contributed by atoms with E-state index in [1.54, 1.807) is 42.5 Å². The van der Waals surface area contributed by atoms with Gasteiger partial charge in [-0.05, 0) is 46.2 Å². The Morgan fingerprint density at radius 1 is 1.10 bits per heavy atom. The maximum atomic E-state index is 13.3. The number of rotatable bonds is 9. The number of ether oxygens (including phenoxy) is 2. The lowest BCUT2D eigenvalue weighted by Gasteiger charge is -2.13. The minimum absolute atomic E-state index is 0.00880. The number of carbonyl (C=O) groups is 1. The molecule has 0 fully saturated rings. The van der Waals surface area contributed by atoms with Crippen LogP contribution in [0.15, 0.2) is 70.4 Å². The zero-order valence-electron chi connectivity index (χ0n) is 21.1. The molecule has 2 aromatic heterocycles. The van der Waals surface area contributed by atoms with Crippen molar-refractivity contribution in [1.82, 2.24) is 30.7 Å². The number of nitrogens with zero attached hydrogens (tertiary/aromatic N) is 6. The standard InChI is InChI=1S/C26H19Cl3N8O4/c1-39-20-8-7-14(9-16(20)13-40-23-18(28)10-17(27)11-19(23)29)12-31-33-26(38)22-21(15-5-3-2-4-6-15)32-36-37(22)25-24(30)34-41-35-25/h2-12H,13H2,1H3,(H2,30,34)(H,33,38). The smallest absolute Gasteiger partial charge is 0.292 e. The van der Waals surface area contributed by atoms with Gasteiger partial charge in [-0.2, -0.15) is 9.78 Å². The molecule has 0 saturated carbocycles. The molecule has 0 saturated heterocycles. The van der Waals surface area contributed by atoms with E-state index < -0.39 is 5.91 Å². The largest absolute Gasteiger partial charge is 0.496 e. The maximum absolute atomic E-state index is 13.3. The topological polar surface area (TPSA) is 156 Å². The van der Waals surface area contributed by atoms with Crippen molar-refractivity contribution in [3.63, 3.8) is 0 Å². The minimum atomic E-state index is -0.628. The van der Waals surface area contributed by atoms with E-state index in [9.17, 15) is 4.79 Å². The first-order valence-electron chi connectivity index (χ1n) is 11.7. The summed E-state index contributed by atoms with van der Waals surface area (Å²) in [6.45, 7) is 0.0801. The van der Waals surface area contributed by atoms with Crippen molar-refractivity contribution >= 4 is 52.7 Å². The molecule has 41 heavy (non-hydrogen) atoms. The fraction of sp³-hybridized carbons (Fsp3) is 0.0769. The van der Waals surface area contributed by atoms with Crippen molar-refractivity contribution in [2.45, 2.75) is 6.61 Å². The molecule has 5 aromatic rings. The number of aromatic nitrogens is 5. The highest BCUT2D eigenvalue weighted by Gasteiger charge is 2.25. The zero-order chi connectivity index (χ0) is 28.9. The third-order valence-corrected chi connectivity index (χ3v) is 6.43. The highest BCUT2D eigenvalue weighted by Crippen LogP contribution is 2.36. The van der Waals surface area contributed by atoms with Gasteiger partial charge in [-0.25, -0.2) is 10.1 Å². The van der Waals surface area contributed by atoms with Crippen LogP contribution in [0.3, 0.4) is 0 Å². The Hall–Kier alpha value is -4.65. The first-order chi connectivity index (χ1) is 19.9. The number of benzene rings is 3. The molecular weight excluding hydrogens is 595 g/mol. The van der Waals surface area contributed by atoms with Gasteiger partial charge in [-0.15, -0.1) is 5.10 Å². The van der Waals surface area contributed by atoms with E-state index in [2.05, 4.69) is 35.8 Å². The normalized spacial score (nSPS) is 11.1. The lowest BCUT2D eigenvalue weighted by atomic mass is 10.1. The van der Waals surface area contributed by atoms with E-state index in [-0.39, 0.29) is 45.4 Å². The van der Waals surface area contributed by atoms with E-state index >= 15 is 0 Å². The molecule has 2 heterocycles. The Balaban J connectivity index is 1.37. The van der Waals surface area contributed by atoms with E-state index in [4.69, 9.17) is 50.0 Å². The van der Waals surface area contributed by atoms with Crippen molar-refractivity contribution in [3.05, 3.63) is 92.6 Å². The molecule has 0 aliphatic carbocycles. The Morgan fingerprint density at radius 2 is 1.85 bits per heavy atom. The quantitative estimate of drug-likeness (QED) is 0.168. The SMILES string of the molecule is COc1ccc(C=NNC(=O)c2c(-c3ccccc3)nnn2-c2nonc2N)cc1COc1c(Cl)cc(Cl)cc1Cl. The highest BCUT2D eigenvalue weighted by atomic mass is 35.5. The fourth-order valence-corrected chi connectivity index (χ4v) is 4.71. The molecule has 0 atom stereocenters. The average molecular weight is 614 g/mol. The second-order valence-corrected chi connectivity index (χ2v) is 9.55. The van der Waals surface area contributed by atoms with Gasteiger partial charge >= 0.3 is 0 Å². The number of hydrazone groups is 1. The molecule has 0 aliphatic heterocycles. The van der Waals surface area contributed by atoms with Gasteiger partial charge in [0.2, 0.25) is 11.6 Å². The summed E-state index contributed by atoms with van der Waals surface area (Å²) in [5.74, 6) is 0.162. The van der Waals surface area contributed by atoms with Gasteiger partial charge in [0.25, 0.3) is 5.91 Å². The number of anilines is 1. The van der Waals surface area contributed by atoms with Gasteiger partial charge < -0.3 is 15.2 Å². The maximum Gasteiger partial charge on any atom is 0.292 e. The number of nitrogens with two attached hydrogens (primary N) is 1. The summed E-state index contributed by atoms with van der Waals surface area (Å²) in [4.78, 5) is 13.3. The highest BCUT2D eigenvalue weighted by molar-refractivity contribution is 6.40. The van der Waals surface area contributed by atoms with Crippen LogP contribution < -0.4 is 20.6 Å². The van der Waals surface area contributed by atoms with Crippen molar-refractivity contribution < 1.29 is 18.9 Å². The van der Waals surface area contributed by atoms with Crippen LogP contribution in [0.4, 0.5) is 5.82 Å². The molecule has 0 aliphatic rings. The average Bonchev–Trinajstić information content (AvgIpc) is 3.59. The minimum Gasteiger partial charge on any atom is -0.496 e. The molecule has 0 radical (unpaired) electrons. The molecular formula is C26H19Cl3N8O4. The number of nitrogens with one attached hydrogen (secondary N) is 1. The summed E-state index contributed by atoms with van der Waals surface area (Å²) >= 11 is 18.4. The lowest BCUT2D eigenvalue weighted by Crippen LogP contribution is -2.22. The Bertz CT molecular complexity index is 1720. The first kappa shape index (κ1) is 27.9. The van der Waals surface area contributed by atoms with E-state index in [1.165, 1.54) is 25.5 Å². The van der Waals surface area contributed by atoms with Crippen LogP contribution in [0.1, 0.15) is 21.6 Å². The van der Waals surface area contributed by atoms with Gasteiger partial charge in [0, 0.05) is 16.1 Å². The van der Waals surface area contributed by atoms with E-state index in [0.29, 0.717) is 27.5 Å². The molecule has 0 spiro atoms. The predicted molar refractivity (Wildman–Crippen MR) is 153 cm³/mol. The summed E-state index contributed by atoms with van der Waals surface area (Å²) in [5.41, 5.74) is 10.6. The molecule has 12 nitrogen and oxygen atoms in total. The molecule has 0 bridgehead atoms. The molecule has 3 N–H and O–H groups in total. The van der Waals surface area contributed by atoms with Crippen molar-refractivity contribution in [1.29, 1.82) is 0 Å². The second-order valence-electron chi connectivity index (χ2n) is 8.30. The number of carbonyl (C=O) groups excluding carboxylic acids is 1. The van der Waals surface area contributed by atoms with Gasteiger partial charge in [0.05, 0.1) is 23.4 Å². The second kappa shape index (κ2) is 12.3. The third-order valence-electron chi connectivity index (χ3n) is 5.65. The Labute approximate surface area is 247 Å². The van der Waals surface area contributed by atoms with Crippen LogP contribution in [-0.2, 0) is 6.61 Å². The molecule has 3 aromatic carbocycles. The summed E-state index contributed by atoms with van der Waals surface area (Å²) < 4.78 is 17.1. The van der Waals surface area contributed by atoms with Crippen LogP contribution in [0.2, 0.25) is 15.1 Å². The molecule has 1 amide bonds. The van der Waals surface area contributed by atoms with Gasteiger partial charge in [-0.3, -0.25) is 4.79 Å². The lowest BCUT2D eigenvalue weighted by molar-refractivity contribution is 0.0947. The number of halogens is 3. The molecule has 208 valence electrons. The van der Waals surface area contributed by atoms with E-state index in [0.717, 1.165) is 4.68 Å². The van der Waals surface area contributed by atoms with Crippen LogP contribution in [0.5, 0.6) is 11.5 Å². The fourth-order valence-electron chi connectivity index (χ4n) is 3.79. The first-order valence-corrected chi connectivity index (χ1v) is 12.9.